The molecule has 3 rings (SSSR count). The van der Waals surface area contributed by atoms with Gasteiger partial charge in [0, 0.05) is 44.8 Å². The molecular weight excluding hydrogens is 326 g/mol. The molecule has 0 aliphatic carbocycles. The smallest absolute Gasteiger partial charge is 0.267 e. The second-order valence-electron chi connectivity index (χ2n) is 7.24. The highest BCUT2D eigenvalue weighted by Crippen LogP contribution is 2.26. The first kappa shape index (κ1) is 18.5. The number of rotatable bonds is 4. The van der Waals surface area contributed by atoms with Gasteiger partial charge in [-0.05, 0) is 27.2 Å². The first-order valence-electron chi connectivity index (χ1n) is 9.44. The molecule has 0 saturated carbocycles. The fourth-order valence-electron chi connectivity index (χ4n) is 3.69. The molecule has 1 unspecified atom stereocenters. The van der Waals surface area contributed by atoms with Crippen LogP contribution >= 0.6 is 0 Å². The van der Waals surface area contributed by atoms with E-state index < -0.39 is 0 Å². The van der Waals surface area contributed by atoms with Crippen LogP contribution in [-0.4, -0.2) is 50.8 Å². The Morgan fingerprint density at radius 2 is 2.12 bits per heavy atom. The Hall–Kier alpha value is -2.26. The van der Waals surface area contributed by atoms with Gasteiger partial charge < -0.3 is 4.90 Å². The Morgan fingerprint density at radius 1 is 1.35 bits per heavy atom. The van der Waals surface area contributed by atoms with Gasteiger partial charge in [-0.2, -0.15) is 0 Å². The lowest BCUT2D eigenvalue weighted by atomic mass is 10.1. The number of fused-ring (bicyclic) bond motifs is 1. The predicted molar refractivity (Wildman–Crippen MR) is 106 cm³/mol. The van der Waals surface area contributed by atoms with Gasteiger partial charge in [0.1, 0.15) is 0 Å². The summed E-state index contributed by atoms with van der Waals surface area (Å²) in [6, 6.07) is 2.67. The van der Waals surface area contributed by atoms with Crippen LogP contribution in [0.15, 0.2) is 17.1 Å². The first-order valence-corrected chi connectivity index (χ1v) is 9.44. The minimum Gasteiger partial charge on any atom is -0.363 e. The van der Waals surface area contributed by atoms with Crippen LogP contribution in [0.4, 0.5) is 5.69 Å². The summed E-state index contributed by atoms with van der Waals surface area (Å²) in [5.41, 5.74) is 2.67. The average molecular weight is 355 g/mol. The third-order valence-electron chi connectivity index (χ3n) is 5.34. The fourth-order valence-corrected chi connectivity index (χ4v) is 3.69. The highest BCUT2D eigenvalue weighted by Gasteiger charge is 2.29. The summed E-state index contributed by atoms with van der Waals surface area (Å²) in [4.78, 5) is 22.2. The maximum absolute atomic E-state index is 12.5. The van der Waals surface area contributed by atoms with Gasteiger partial charge in [0.05, 0.1) is 24.0 Å². The SMILES string of the molecule is CC#CCc1cn2c(n1)c(N1CCN(C(C)C)CC1CC)cc(=O)n2C. The van der Waals surface area contributed by atoms with Crippen LogP contribution in [0.3, 0.4) is 0 Å². The number of nitrogens with zero attached hydrogens (tertiary/aromatic N) is 5. The number of piperazine rings is 1. The highest BCUT2D eigenvalue weighted by atomic mass is 16.1. The zero-order chi connectivity index (χ0) is 18.8. The zero-order valence-corrected chi connectivity index (χ0v) is 16.5. The number of hydrogen-bond donors (Lipinski definition) is 0. The van der Waals surface area contributed by atoms with E-state index in [9.17, 15) is 4.79 Å². The van der Waals surface area contributed by atoms with Crippen molar-refractivity contribution in [2.75, 3.05) is 24.5 Å². The third-order valence-corrected chi connectivity index (χ3v) is 5.34. The molecular formula is C20H29N5O. The molecule has 1 atom stereocenters. The van der Waals surface area contributed by atoms with Crippen LogP contribution in [0.5, 0.6) is 0 Å². The highest BCUT2D eigenvalue weighted by molar-refractivity contribution is 5.69. The predicted octanol–water partition coefficient (Wildman–Crippen LogP) is 1.91. The minimum atomic E-state index is -0.0147. The molecule has 2 aromatic heterocycles. The van der Waals surface area contributed by atoms with E-state index in [0.717, 1.165) is 43.1 Å². The summed E-state index contributed by atoms with van der Waals surface area (Å²) in [6.45, 7) is 11.5. The van der Waals surface area contributed by atoms with Crippen molar-refractivity contribution in [1.29, 1.82) is 0 Å². The Kier molecular flexibility index (Phi) is 5.38. The summed E-state index contributed by atoms with van der Waals surface area (Å²) in [6.07, 6.45) is 3.57. The zero-order valence-electron chi connectivity index (χ0n) is 16.5. The number of hydrogen-bond acceptors (Lipinski definition) is 4. The Morgan fingerprint density at radius 3 is 2.77 bits per heavy atom. The topological polar surface area (TPSA) is 45.8 Å². The molecule has 0 spiro atoms. The summed E-state index contributed by atoms with van der Waals surface area (Å²) in [7, 11) is 1.78. The number of aryl methyl sites for hydroxylation is 1. The van der Waals surface area contributed by atoms with Crippen LogP contribution < -0.4 is 10.5 Å². The molecule has 0 aromatic carbocycles. The minimum absolute atomic E-state index is 0.0147. The summed E-state index contributed by atoms with van der Waals surface area (Å²) in [5.74, 6) is 5.98. The van der Waals surface area contributed by atoms with E-state index in [1.165, 1.54) is 0 Å². The molecule has 3 heterocycles. The number of anilines is 1. The molecule has 6 heteroatoms. The van der Waals surface area contributed by atoms with Crippen molar-refractivity contribution < 1.29 is 0 Å². The Bertz CT molecular complexity index is 899. The van der Waals surface area contributed by atoms with Gasteiger partial charge >= 0.3 is 0 Å². The largest absolute Gasteiger partial charge is 0.363 e. The van der Waals surface area contributed by atoms with Gasteiger partial charge in [0.15, 0.2) is 5.65 Å². The third kappa shape index (κ3) is 3.36. The van der Waals surface area contributed by atoms with Crippen LogP contribution in [0, 0.1) is 11.8 Å². The van der Waals surface area contributed by atoms with E-state index in [1.807, 2.05) is 17.6 Å². The molecule has 1 saturated heterocycles. The molecule has 0 bridgehead atoms. The molecule has 140 valence electrons. The van der Waals surface area contributed by atoms with Crippen molar-refractivity contribution in [3.8, 4) is 11.8 Å². The van der Waals surface area contributed by atoms with E-state index in [0.29, 0.717) is 18.5 Å². The summed E-state index contributed by atoms with van der Waals surface area (Å²) >= 11 is 0. The Balaban J connectivity index is 2.05. The number of aromatic nitrogens is 3. The second-order valence-corrected chi connectivity index (χ2v) is 7.24. The molecule has 1 aliphatic heterocycles. The molecule has 0 radical (unpaired) electrons. The van der Waals surface area contributed by atoms with E-state index in [1.54, 1.807) is 17.8 Å². The van der Waals surface area contributed by atoms with Gasteiger partial charge in [-0.25, -0.2) is 14.2 Å². The summed E-state index contributed by atoms with van der Waals surface area (Å²) in [5, 5.41) is 0. The second kappa shape index (κ2) is 7.55. The molecule has 6 nitrogen and oxygen atoms in total. The van der Waals surface area contributed by atoms with E-state index >= 15 is 0 Å². The lowest BCUT2D eigenvalue weighted by Crippen LogP contribution is -2.55. The Labute approximate surface area is 155 Å². The standard InChI is InChI=1S/C20H29N5O/c1-6-8-9-16-13-25-20(21-16)18(12-19(26)22(25)5)24-11-10-23(15(3)4)14-17(24)7-2/h12-13,15,17H,7,9-11,14H2,1-5H3. The van der Waals surface area contributed by atoms with E-state index in [2.05, 4.69) is 42.4 Å². The number of imidazole rings is 1. The molecule has 1 aliphatic rings. The normalized spacial score (nSPS) is 18.4. The van der Waals surface area contributed by atoms with Crippen molar-refractivity contribution in [3.63, 3.8) is 0 Å². The van der Waals surface area contributed by atoms with Gasteiger partial charge in [0.25, 0.3) is 5.56 Å². The van der Waals surface area contributed by atoms with Crippen LogP contribution in [0.25, 0.3) is 5.65 Å². The van der Waals surface area contributed by atoms with Crippen molar-refractivity contribution in [2.24, 2.45) is 7.05 Å². The average Bonchev–Trinajstić information content (AvgIpc) is 3.07. The fraction of sp³-hybridized carbons (Fsp3) is 0.600. The van der Waals surface area contributed by atoms with Gasteiger partial charge in [0.2, 0.25) is 0 Å². The van der Waals surface area contributed by atoms with Crippen molar-refractivity contribution >= 4 is 11.3 Å². The van der Waals surface area contributed by atoms with Crippen molar-refractivity contribution in [3.05, 3.63) is 28.3 Å². The lowest BCUT2D eigenvalue weighted by Gasteiger charge is -2.44. The molecule has 0 N–H and O–H groups in total. The lowest BCUT2D eigenvalue weighted by molar-refractivity contribution is 0.179. The van der Waals surface area contributed by atoms with Crippen LogP contribution in [-0.2, 0) is 13.5 Å². The van der Waals surface area contributed by atoms with Crippen molar-refractivity contribution in [2.45, 2.75) is 52.6 Å². The van der Waals surface area contributed by atoms with E-state index in [-0.39, 0.29) is 5.56 Å². The summed E-state index contributed by atoms with van der Waals surface area (Å²) < 4.78 is 3.48. The van der Waals surface area contributed by atoms with Crippen molar-refractivity contribution in [1.82, 2.24) is 19.1 Å². The molecule has 2 aromatic rings. The monoisotopic (exact) mass is 355 g/mol. The maximum Gasteiger partial charge on any atom is 0.267 e. The van der Waals surface area contributed by atoms with E-state index in [4.69, 9.17) is 4.98 Å². The van der Waals surface area contributed by atoms with Crippen LogP contribution in [0.2, 0.25) is 0 Å². The van der Waals surface area contributed by atoms with Crippen LogP contribution in [0.1, 0.15) is 39.8 Å². The molecule has 1 fully saturated rings. The van der Waals surface area contributed by atoms with Gasteiger partial charge in [-0.15, -0.1) is 5.92 Å². The maximum atomic E-state index is 12.5. The first-order chi connectivity index (χ1) is 12.5. The molecule has 26 heavy (non-hydrogen) atoms. The molecule has 0 amide bonds. The van der Waals surface area contributed by atoms with Gasteiger partial charge in [-0.1, -0.05) is 12.8 Å². The quantitative estimate of drug-likeness (QED) is 0.786. The van der Waals surface area contributed by atoms with Gasteiger partial charge in [-0.3, -0.25) is 9.69 Å².